The van der Waals surface area contributed by atoms with Crippen molar-refractivity contribution in [1.82, 2.24) is 4.57 Å². The molecule has 1 aromatic heterocycles. The Hall–Kier alpha value is -3.62. The Morgan fingerprint density at radius 1 is 1.16 bits per heavy atom. The van der Waals surface area contributed by atoms with Gasteiger partial charge in [-0.3, -0.25) is 0 Å². The molecule has 0 radical (unpaired) electrons. The lowest BCUT2D eigenvalue weighted by Crippen LogP contribution is -2.12. The number of hydrogen-bond acceptors (Lipinski definition) is 5. The van der Waals surface area contributed by atoms with Gasteiger partial charge in [0, 0.05) is 32.7 Å². The number of aromatic nitrogens is 1. The van der Waals surface area contributed by atoms with Crippen molar-refractivity contribution in [2.24, 2.45) is 4.99 Å². The molecule has 2 heterocycles. The third-order valence-corrected chi connectivity index (χ3v) is 7.61. The summed E-state index contributed by atoms with van der Waals surface area (Å²) < 4.78 is 22.5. The lowest BCUT2D eigenvalue weighted by Gasteiger charge is -2.06. The lowest BCUT2D eigenvalue weighted by molar-refractivity contribution is -0.138. The Bertz CT molecular complexity index is 1640. The second-order valence-electron chi connectivity index (χ2n) is 8.77. The number of ether oxygens (including phenoxy) is 1. The van der Waals surface area contributed by atoms with Crippen molar-refractivity contribution in [3.63, 3.8) is 0 Å². The van der Waals surface area contributed by atoms with E-state index in [0.29, 0.717) is 27.7 Å². The molecule has 0 bridgehead atoms. The zero-order valence-electron chi connectivity index (χ0n) is 20.7. The number of aliphatic hydroxyl groups is 1. The van der Waals surface area contributed by atoms with E-state index in [-0.39, 0.29) is 23.8 Å². The van der Waals surface area contributed by atoms with Gasteiger partial charge < -0.3 is 14.4 Å². The maximum absolute atomic E-state index is 14.4. The van der Waals surface area contributed by atoms with Crippen LogP contribution in [0.2, 0.25) is 0 Å². The number of halogens is 2. The van der Waals surface area contributed by atoms with Crippen LogP contribution in [0.3, 0.4) is 0 Å². The monoisotopic (exact) mass is 590 g/mol. The van der Waals surface area contributed by atoms with E-state index in [1.807, 2.05) is 72.3 Å². The number of benzene rings is 3. The average Bonchev–Trinajstić information content (AvgIpc) is 3.38. The summed E-state index contributed by atoms with van der Waals surface area (Å²) in [5.41, 5.74) is 4.09. The molecule has 1 N–H and O–H groups in total. The van der Waals surface area contributed by atoms with E-state index < -0.39 is 5.97 Å². The number of thioether (sulfide) groups is 1. The molecule has 3 aromatic carbocycles. The first-order valence-electron chi connectivity index (χ1n) is 12.0. The van der Waals surface area contributed by atoms with E-state index in [0.717, 1.165) is 26.5 Å². The molecule has 0 unspecified atom stereocenters. The highest BCUT2D eigenvalue weighted by atomic mass is 79.9. The maximum Gasteiger partial charge on any atom is 0.344 e. The standard InChI is InChI=1S/C30H24BrFN2O3S/c1-3-37-30(36)27-28(35)26(38-29(27)33-22-11-8-18(2)9-12-22)14-20-17-34(16-19-6-4-5-7-24(19)32)25-13-10-21(31)15-23(20)25/h4-15,17,35H,3,16H2,1-2H3/b26-14-,33-29?. The van der Waals surface area contributed by atoms with E-state index in [1.54, 1.807) is 19.1 Å². The van der Waals surface area contributed by atoms with Crippen LogP contribution < -0.4 is 0 Å². The van der Waals surface area contributed by atoms with Gasteiger partial charge in [0.15, 0.2) is 0 Å². The molecule has 4 aromatic rings. The average molecular weight is 592 g/mol. The summed E-state index contributed by atoms with van der Waals surface area (Å²) in [6, 6.07) is 20.2. The highest BCUT2D eigenvalue weighted by Crippen LogP contribution is 2.41. The van der Waals surface area contributed by atoms with E-state index >= 15 is 0 Å². The maximum atomic E-state index is 14.4. The normalized spacial score (nSPS) is 15.7. The minimum Gasteiger partial charge on any atom is -0.506 e. The largest absolute Gasteiger partial charge is 0.506 e. The summed E-state index contributed by atoms with van der Waals surface area (Å²) in [6.07, 6.45) is 3.74. The number of aliphatic imine (C=N–C) groups is 1. The van der Waals surface area contributed by atoms with E-state index in [4.69, 9.17) is 4.74 Å². The van der Waals surface area contributed by atoms with Gasteiger partial charge in [-0.15, -0.1) is 0 Å². The van der Waals surface area contributed by atoms with Gasteiger partial charge in [-0.2, -0.15) is 0 Å². The van der Waals surface area contributed by atoms with Gasteiger partial charge in [0.2, 0.25) is 0 Å². The van der Waals surface area contributed by atoms with Crippen LogP contribution in [-0.4, -0.2) is 27.3 Å². The minimum atomic E-state index is -0.628. The number of rotatable bonds is 6. The van der Waals surface area contributed by atoms with Crippen LogP contribution in [0.4, 0.5) is 10.1 Å². The quantitative estimate of drug-likeness (QED) is 0.230. The predicted octanol–water partition coefficient (Wildman–Crippen LogP) is 8.09. The van der Waals surface area contributed by atoms with Crippen molar-refractivity contribution in [3.05, 3.63) is 116 Å². The topological polar surface area (TPSA) is 63.8 Å². The van der Waals surface area contributed by atoms with Crippen LogP contribution in [0.15, 0.2) is 98.6 Å². The number of carbonyl (C=O) groups is 1. The number of hydrogen-bond donors (Lipinski definition) is 1. The Morgan fingerprint density at radius 3 is 2.66 bits per heavy atom. The van der Waals surface area contributed by atoms with Crippen molar-refractivity contribution < 1.29 is 19.0 Å². The SMILES string of the molecule is CCOC(=O)C1=C(O)/C(=C/c2cn(Cc3ccccc3F)c3ccc(Br)cc23)SC1=Nc1ccc(C)cc1. The first-order chi connectivity index (χ1) is 18.3. The van der Waals surface area contributed by atoms with Gasteiger partial charge in [-0.1, -0.05) is 63.6 Å². The van der Waals surface area contributed by atoms with Crippen LogP contribution >= 0.6 is 27.7 Å². The molecule has 5 rings (SSSR count). The summed E-state index contributed by atoms with van der Waals surface area (Å²) in [6.45, 7) is 4.22. The highest BCUT2D eigenvalue weighted by Gasteiger charge is 2.33. The number of esters is 1. The Balaban J connectivity index is 1.60. The summed E-state index contributed by atoms with van der Waals surface area (Å²) >= 11 is 4.75. The van der Waals surface area contributed by atoms with Crippen LogP contribution in [0.25, 0.3) is 17.0 Å². The number of nitrogens with zero attached hydrogens (tertiary/aromatic N) is 2. The smallest absolute Gasteiger partial charge is 0.344 e. The second-order valence-corrected chi connectivity index (χ2v) is 10.7. The molecule has 5 nitrogen and oxygen atoms in total. The van der Waals surface area contributed by atoms with Crippen molar-refractivity contribution in [3.8, 4) is 0 Å². The van der Waals surface area contributed by atoms with Gasteiger partial charge in [-0.05, 0) is 56.3 Å². The van der Waals surface area contributed by atoms with Gasteiger partial charge in [-0.25, -0.2) is 14.2 Å². The molecule has 0 aliphatic carbocycles. The third-order valence-electron chi connectivity index (χ3n) is 6.09. The number of fused-ring (bicyclic) bond motifs is 1. The van der Waals surface area contributed by atoms with Crippen molar-refractivity contribution in [2.75, 3.05) is 6.61 Å². The Kier molecular flexibility index (Phi) is 7.53. The third kappa shape index (κ3) is 5.33. The molecule has 8 heteroatoms. The van der Waals surface area contributed by atoms with Gasteiger partial charge >= 0.3 is 5.97 Å². The van der Waals surface area contributed by atoms with Crippen molar-refractivity contribution >= 4 is 61.4 Å². The molecule has 0 atom stereocenters. The fourth-order valence-electron chi connectivity index (χ4n) is 4.22. The van der Waals surface area contributed by atoms with Gasteiger partial charge in [0.1, 0.15) is 22.2 Å². The summed E-state index contributed by atoms with van der Waals surface area (Å²) in [4.78, 5) is 17.9. The fraction of sp³-hybridized carbons (Fsp3) is 0.133. The van der Waals surface area contributed by atoms with Crippen LogP contribution in [0, 0.1) is 12.7 Å². The number of aryl methyl sites for hydroxylation is 1. The molecule has 192 valence electrons. The molecule has 1 aliphatic rings. The van der Waals surface area contributed by atoms with E-state index in [1.165, 1.54) is 17.8 Å². The predicted molar refractivity (Wildman–Crippen MR) is 155 cm³/mol. The Labute approximate surface area is 232 Å². The fourth-order valence-corrected chi connectivity index (χ4v) is 5.61. The molecule has 38 heavy (non-hydrogen) atoms. The lowest BCUT2D eigenvalue weighted by atomic mass is 10.1. The number of aliphatic hydroxyl groups excluding tert-OH is 1. The van der Waals surface area contributed by atoms with Crippen LogP contribution in [-0.2, 0) is 16.1 Å². The zero-order valence-corrected chi connectivity index (χ0v) is 23.1. The van der Waals surface area contributed by atoms with E-state index in [2.05, 4.69) is 20.9 Å². The van der Waals surface area contributed by atoms with Crippen molar-refractivity contribution in [1.29, 1.82) is 0 Å². The van der Waals surface area contributed by atoms with Crippen molar-refractivity contribution in [2.45, 2.75) is 20.4 Å². The molecule has 0 amide bonds. The number of carbonyl (C=O) groups excluding carboxylic acids is 1. The molecule has 1 aliphatic heterocycles. The van der Waals surface area contributed by atoms with Crippen LogP contribution in [0.1, 0.15) is 23.6 Å². The highest BCUT2D eigenvalue weighted by molar-refractivity contribution is 9.10. The molecule has 0 saturated heterocycles. The molecule has 0 fully saturated rings. The van der Waals surface area contributed by atoms with Gasteiger partial charge in [0.05, 0.1) is 23.7 Å². The molecular formula is C30H24BrFN2O3S. The summed E-state index contributed by atoms with van der Waals surface area (Å²) in [5.74, 6) is -1.07. The summed E-state index contributed by atoms with van der Waals surface area (Å²) in [5, 5.41) is 12.4. The first kappa shape index (κ1) is 26.0. The zero-order chi connectivity index (χ0) is 26.8. The summed E-state index contributed by atoms with van der Waals surface area (Å²) in [7, 11) is 0. The van der Waals surface area contributed by atoms with Gasteiger partial charge in [0.25, 0.3) is 0 Å². The first-order valence-corrected chi connectivity index (χ1v) is 13.6. The molecule has 0 saturated carbocycles. The second kappa shape index (κ2) is 11.0. The molecular weight excluding hydrogens is 567 g/mol. The minimum absolute atomic E-state index is 0.0416. The molecule has 0 spiro atoms. The Morgan fingerprint density at radius 2 is 1.92 bits per heavy atom. The van der Waals surface area contributed by atoms with Crippen LogP contribution in [0.5, 0.6) is 0 Å². The van der Waals surface area contributed by atoms with E-state index in [9.17, 15) is 14.3 Å².